The first-order valence-electron chi connectivity index (χ1n) is 1.63. The molecule has 0 rings (SSSR count). The summed E-state index contributed by atoms with van der Waals surface area (Å²) < 4.78 is 4.95. The maximum atomic E-state index is 4.64. The second-order valence-corrected chi connectivity index (χ2v) is 1.78. The summed E-state index contributed by atoms with van der Waals surface area (Å²) in [4.78, 5) is 0. The molecule has 0 aliphatic rings. The van der Waals surface area contributed by atoms with Gasteiger partial charge in [0.2, 0.25) is 4.38 Å². The molecular weight excluding hydrogens is 224 g/mol. The normalized spacial score (nSPS) is 6.57. The van der Waals surface area contributed by atoms with E-state index in [0.717, 1.165) is 0 Å². The van der Waals surface area contributed by atoms with E-state index in [-0.39, 0.29) is 22.4 Å². The molecule has 0 bridgehead atoms. The van der Waals surface area contributed by atoms with Crippen molar-refractivity contribution in [2.45, 2.75) is 6.92 Å². The van der Waals surface area contributed by atoms with Crippen LogP contribution < -0.4 is 0 Å². The van der Waals surface area contributed by atoms with E-state index in [1.165, 1.54) is 0 Å². The molecule has 0 aromatic carbocycles. The molecule has 0 aliphatic carbocycles. The molecule has 47 valence electrons. The molecule has 0 fully saturated rings. The summed E-state index contributed by atoms with van der Waals surface area (Å²) in [5.74, 6) is 0. The average Bonchev–Trinajstić information content (AvgIpc) is 1.35. The molecule has 0 atom stereocenters. The molecule has 0 heterocycles. The smallest absolute Gasteiger partial charge is 0.216 e. The van der Waals surface area contributed by atoms with Gasteiger partial charge >= 0.3 is 0 Å². The zero-order chi connectivity index (χ0) is 4.99. The summed E-state index contributed by atoms with van der Waals surface area (Å²) in [5.41, 5.74) is 0. The second-order valence-electron chi connectivity index (χ2n) is 0.699. The van der Waals surface area contributed by atoms with E-state index in [1.807, 2.05) is 6.92 Å². The van der Waals surface area contributed by atoms with Crippen molar-refractivity contribution >= 4 is 29.2 Å². The van der Waals surface area contributed by atoms with Gasteiger partial charge in [0.05, 0.1) is 6.61 Å². The van der Waals surface area contributed by atoms with Gasteiger partial charge in [0.15, 0.2) is 0 Å². The van der Waals surface area contributed by atoms with E-state index < -0.39 is 0 Å². The van der Waals surface area contributed by atoms with Gasteiger partial charge in [0, 0.05) is 22.4 Å². The van der Waals surface area contributed by atoms with Gasteiger partial charge in [-0.25, -0.2) is 0 Å². The first-order chi connectivity index (χ1) is 2.77. The van der Waals surface area contributed by atoms with Gasteiger partial charge in [-0.2, -0.15) is 0 Å². The van der Waals surface area contributed by atoms with E-state index in [1.54, 1.807) is 0 Å². The molecule has 0 unspecified atom stereocenters. The number of ether oxygens (including phenoxy) is 1. The Labute approximate surface area is 69.7 Å². The fraction of sp³-hybridized carbons (Fsp3) is 0.667. The van der Waals surface area contributed by atoms with Crippen molar-refractivity contribution in [3.63, 3.8) is 0 Å². The van der Waals surface area contributed by atoms with Crippen LogP contribution in [-0.2, 0) is 27.1 Å². The molecule has 1 nitrogen and oxygen atoms in total. The third kappa shape index (κ3) is 10.9. The predicted octanol–water partition coefficient (Wildman–Crippen LogP) is 1.24. The maximum Gasteiger partial charge on any atom is 0.216 e. The van der Waals surface area contributed by atoms with Gasteiger partial charge in [0.25, 0.3) is 0 Å². The molecule has 0 aromatic rings. The van der Waals surface area contributed by atoms with Crippen molar-refractivity contribution in [2.24, 2.45) is 0 Å². The molecule has 0 aliphatic heterocycles. The molecular formula is C3H6AgOS2. The van der Waals surface area contributed by atoms with Crippen LogP contribution in [0.2, 0.25) is 0 Å². The SMILES string of the molecule is CCOC(=S)S.[Ag]. The molecule has 0 N–H and O–H groups in total. The summed E-state index contributed by atoms with van der Waals surface area (Å²) in [6.07, 6.45) is 0. The van der Waals surface area contributed by atoms with Crippen molar-refractivity contribution in [3.8, 4) is 0 Å². The topological polar surface area (TPSA) is 9.23 Å². The number of hydrogen-bond donors (Lipinski definition) is 1. The minimum Gasteiger partial charge on any atom is -0.479 e. The molecule has 1 radical (unpaired) electrons. The van der Waals surface area contributed by atoms with E-state index in [4.69, 9.17) is 0 Å². The Balaban J connectivity index is 0. The first kappa shape index (κ1) is 10.9. The monoisotopic (exact) mass is 229 g/mol. The zero-order valence-corrected chi connectivity index (χ0v) is 6.97. The molecule has 0 spiro atoms. The average molecular weight is 230 g/mol. The van der Waals surface area contributed by atoms with Crippen LogP contribution in [0.1, 0.15) is 6.92 Å². The number of thiocarbonyl (C=S) groups is 1. The van der Waals surface area contributed by atoms with E-state index in [0.29, 0.717) is 11.0 Å². The Morgan fingerprint density at radius 1 is 1.86 bits per heavy atom. The predicted molar refractivity (Wildman–Crippen MR) is 33.2 cm³/mol. The summed E-state index contributed by atoms with van der Waals surface area (Å²) >= 11 is 8.12. The van der Waals surface area contributed by atoms with Gasteiger partial charge in [0.1, 0.15) is 0 Å². The van der Waals surface area contributed by atoms with Crippen molar-refractivity contribution in [1.29, 1.82) is 0 Å². The van der Waals surface area contributed by atoms with Gasteiger partial charge in [-0.1, -0.05) is 12.6 Å². The maximum absolute atomic E-state index is 4.64. The van der Waals surface area contributed by atoms with Crippen molar-refractivity contribution < 1.29 is 27.1 Å². The van der Waals surface area contributed by atoms with Crippen LogP contribution in [0.4, 0.5) is 0 Å². The number of hydrogen-bond acceptors (Lipinski definition) is 2. The summed E-state index contributed by atoms with van der Waals surface area (Å²) in [7, 11) is 0. The quantitative estimate of drug-likeness (QED) is 0.412. The van der Waals surface area contributed by atoms with Gasteiger partial charge < -0.3 is 4.74 Å². The third-order valence-corrected chi connectivity index (χ3v) is 0.515. The van der Waals surface area contributed by atoms with E-state index >= 15 is 0 Å². The largest absolute Gasteiger partial charge is 0.479 e. The minimum atomic E-state index is 0. The summed E-state index contributed by atoms with van der Waals surface area (Å²) in [6.45, 7) is 2.48. The van der Waals surface area contributed by atoms with Crippen LogP contribution in [0.3, 0.4) is 0 Å². The molecule has 0 aromatic heterocycles. The molecule has 4 heteroatoms. The number of thiol groups is 1. The van der Waals surface area contributed by atoms with Crippen molar-refractivity contribution in [3.05, 3.63) is 0 Å². The fourth-order valence-electron chi connectivity index (χ4n) is 0.123. The zero-order valence-electron chi connectivity index (χ0n) is 3.77. The molecule has 0 amide bonds. The van der Waals surface area contributed by atoms with E-state index in [2.05, 4.69) is 29.6 Å². The van der Waals surface area contributed by atoms with E-state index in [9.17, 15) is 0 Å². The Bertz CT molecular complexity index is 56.9. The van der Waals surface area contributed by atoms with Gasteiger partial charge in [-0.3, -0.25) is 0 Å². The van der Waals surface area contributed by atoms with Gasteiger partial charge in [-0.05, 0) is 19.1 Å². The van der Waals surface area contributed by atoms with Crippen LogP contribution in [0.5, 0.6) is 0 Å². The number of rotatable bonds is 1. The minimum absolute atomic E-state index is 0. The Morgan fingerprint density at radius 2 is 2.29 bits per heavy atom. The Kier molecular flexibility index (Phi) is 10.8. The van der Waals surface area contributed by atoms with Crippen LogP contribution >= 0.6 is 24.8 Å². The van der Waals surface area contributed by atoms with Gasteiger partial charge in [-0.15, -0.1) is 0 Å². The van der Waals surface area contributed by atoms with Crippen LogP contribution in [0, 0.1) is 0 Å². The third-order valence-electron chi connectivity index (χ3n) is 0.268. The summed E-state index contributed by atoms with van der Waals surface area (Å²) in [5, 5.41) is 0. The standard InChI is InChI=1S/C3H6OS2.Ag/c1-2-4-3(5)6;/h2H2,1H3,(H,5,6);. The molecule has 0 saturated heterocycles. The fourth-order valence-corrected chi connectivity index (χ4v) is 0.370. The van der Waals surface area contributed by atoms with Crippen molar-refractivity contribution in [2.75, 3.05) is 6.61 Å². The van der Waals surface area contributed by atoms with Crippen LogP contribution in [-0.4, -0.2) is 11.0 Å². The van der Waals surface area contributed by atoms with Crippen molar-refractivity contribution in [1.82, 2.24) is 0 Å². The first-order valence-corrected chi connectivity index (χ1v) is 2.48. The van der Waals surface area contributed by atoms with Crippen LogP contribution in [0.25, 0.3) is 0 Å². The second kappa shape index (κ2) is 6.98. The Hall–Kier alpha value is 0.980. The molecule has 0 saturated carbocycles. The Morgan fingerprint density at radius 3 is 2.29 bits per heavy atom. The summed E-state index contributed by atoms with van der Waals surface area (Å²) in [6, 6.07) is 0. The van der Waals surface area contributed by atoms with Crippen LogP contribution in [0.15, 0.2) is 0 Å². The molecule has 7 heavy (non-hydrogen) atoms.